The first-order valence-corrected chi connectivity index (χ1v) is 7.30. The summed E-state index contributed by atoms with van der Waals surface area (Å²) in [7, 11) is 0. The van der Waals surface area contributed by atoms with Gasteiger partial charge >= 0.3 is 0 Å². The highest BCUT2D eigenvalue weighted by atomic mass is 16.2. The monoisotopic (exact) mass is 270 g/mol. The molecule has 1 amide bonds. The number of hydrogen-bond acceptors (Lipinski definition) is 3. The lowest BCUT2D eigenvalue weighted by molar-refractivity contribution is -0.124. The molecule has 4 rings (SSSR count). The maximum Gasteiger partial charge on any atom is 0.237 e. The van der Waals surface area contributed by atoms with Gasteiger partial charge in [0.2, 0.25) is 5.91 Å². The fourth-order valence-corrected chi connectivity index (χ4v) is 2.97. The maximum absolute atomic E-state index is 11.9. The SMILES string of the molecule is O=C1NCCNC1Cc1nc2ccccc2n1C1CC1. The van der Waals surface area contributed by atoms with Crippen molar-refractivity contribution in [1.82, 2.24) is 20.2 Å². The summed E-state index contributed by atoms with van der Waals surface area (Å²) in [6.45, 7) is 1.55. The molecule has 2 N–H and O–H groups in total. The number of para-hydroxylation sites is 2. The minimum Gasteiger partial charge on any atom is -0.353 e. The summed E-state index contributed by atoms with van der Waals surface area (Å²) < 4.78 is 2.33. The minimum absolute atomic E-state index is 0.0886. The summed E-state index contributed by atoms with van der Waals surface area (Å²) in [5, 5.41) is 6.19. The van der Waals surface area contributed by atoms with Gasteiger partial charge in [0.1, 0.15) is 5.82 Å². The third kappa shape index (κ3) is 1.98. The molecular weight excluding hydrogens is 252 g/mol. The minimum atomic E-state index is -0.155. The Morgan fingerprint density at radius 3 is 2.90 bits per heavy atom. The van der Waals surface area contributed by atoms with Gasteiger partial charge in [-0.25, -0.2) is 4.98 Å². The number of carbonyl (C=O) groups excluding carboxylic acids is 1. The first kappa shape index (κ1) is 11.9. The van der Waals surface area contributed by atoms with Gasteiger partial charge in [0.05, 0.1) is 17.1 Å². The summed E-state index contributed by atoms with van der Waals surface area (Å²) >= 11 is 0. The lowest BCUT2D eigenvalue weighted by atomic mass is 10.1. The molecule has 1 atom stereocenters. The van der Waals surface area contributed by atoms with Crippen LogP contribution in [0.25, 0.3) is 11.0 Å². The zero-order valence-corrected chi connectivity index (χ0v) is 11.3. The van der Waals surface area contributed by atoms with Crippen molar-refractivity contribution in [3.63, 3.8) is 0 Å². The number of rotatable bonds is 3. The zero-order valence-electron chi connectivity index (χ0n) is 11.3. The third-order valence-corrected chi connectivity index (χ3v) is 4.10. The van der Waals surface area contributed by atoms with E-state index in [1.54, 1.807) is 0 Å². The molecule has 2 aromatic rings. The molecule has 5 nitrogen and oxygen atoms in total. The van der Waals surface area contributed by atoms with Crippen LogP contribution in [0.1, 0.15) is 24.7 Å². The van der Waals surface area contributed by atoms with Crippen molar-refractivity contribution in [2.75, 3.05) is 13.1 Å². The van der Waals surface area contributed by atoms with Crippen LogP contribution in [0.2, 0.25) is 0 Å². The predicted octanol–water partition coefficient (Wildman–Crippen LogP) is 1.00. The Morgan fingerprint density at radius 1 is 1.25 bits per heavy atom. The second-order valence-electron chi connectivity index (χ2n) is 5.62. The molecule has 0 spiro atoms. The van der Waals surface area contributed by atoms with Crippen molar-refractivity contribution in [3.05, 3.63) is 30.1 Å². The first-order chi connectivity index (χ1) is 9.83. The topological polar surface area (TPSA) is 59.0 Å². The van der Waals surface area contributed by atoms with E-state index in [2.05, 4.69) is 27.3 Å². The van der Waals surface area contributed by atoms with Crippen molar-refractivity contribution in [2.45, 2.75) is 31.3 Å². The van der Waals surface area contributed by atoms with E-state index < -0.39 is 0 Å². The highest BCUT2D eigenvalue weighted by molar-refractivity contribution is 5.83. The van der Waals surface area contributed by atoms with Crippen molar-refractivity contribution in [2.24, 2.45) is 0 Å². The van der Waals surface area contributed by atoms with Gasteiger partial charge in [-0.1, -0.05) is 12.1 Å². The van der Waals surface area contributed by atoms with E-state index in [1.807, 2.05) is 12.1 Å². The Bertz CT molecular complexity index is 659. The third-order valence-electron chi connectivity index (χ3n) is 4.10. The van der Waals surface area contributed by atoms with E-state index in [-0.39, 0.29) is 11.9 Å². The van der Waals surface area contributed by atoms with E-state index >= 15 is 0 Å². The fraction of sp³-hybridized carbons (Fsp3) is 0.467. The van der Waals surface area contributed by atoms with Crippen LogP contribution in [0, 0.1) is 0 Å². The largest absolute Gasteiger partial charge is 0.353 e. The molecule has 2 heterocycles. The van der Waals surface area contributed by atoms with Crippen molar-refractivity contribution < 1.29 is 4.79 Å². The molecule has 104 valence electrons. The molecular formula is C15H18N4O. The normalized spacial score (nSPS) is 23.0. The van der Waals surface area contributed by atoms with Crippen LogP contribution in [0.4, 0.5) is 0 Å². The summed E-state index contributed by atoms with van der Waals surface area (Å²) in [6.07, 6.45) is 3.10. The van der Waals surface area contributed by atoms with E-state index in [0.717, 1.165) is 17.9 Å². The molecule has 1 aliphatic carbocycles. The van der Waals surface area contributed by atoms with E-state index in [9.17, 15) is 4.79 Å². The number of hydrogen-bond donors (Lipinski definition) is 2. The molecule has 1 saturated heterocycles. The van der Waals surface area contributed by atoms with E-state index in [0.29, 0.717) is 19.0 Å². The average molecular weight is 270 g/mol. The molecule has 1 aromatic heterocycles. The predicted molar refractivity (Wildman–Crippen MR) is 76.5 cm³/mol. The Balaban J connectivity index is 1.71. The Labute approximate surface area is 117 Å². The van der Waals surface area contributed by atoms with Crippen LogP contribution in [-0.2, 0) is 11.2 Å². The Morgan fingerprint density at radius 2 is 2.10 bits per heavy atom. The molecule has 1 aliphatic heterocycles. The quantitative estimate of drug-likeness (QED) is 0.875. The van der Waals surface area contributed by atoms with Crippen molar-refractivity contribution >= 4 is 16.9 Å². The average Bonchev–Trinajstić information content (AvgIpc) is 3.23. The number of benzene rings is 1. The number of nitrogens with one attached hydrogen (secondary N) is 2. The second-order valence-corrected chi connectivity index (χ2v) is 5.62. The van der Waals surface area contributed by atoms with Crippen LogP contribution >= 0.6 is 0 Å². The molecule has 0 radical (unpaired) electrons. The highest BCUT2D eigenvalue weighted by Gasteiger charge is 2.30. The van der Waals surface area contributed by atoms with Gasteiger partial charge in [-0.15, -0.1) is 0 Å². The van der Waals surface area contributed by atoms with Crippen LogP contribution in [0.15, 0.2) is 24.3 Å². The van der Waals surface area contributed by atoms with Gasteiger partial charge in [0, 0.05) is 25.6 Å². The van der Waals surface area contributed by atoms with Gasteiger partial charge in [0.15, 0.2) is 0 Å². The fourth-order valence-electron chi connectivity index (χ4n) is 2.97. The van der Waals surface area contributed by atoms with Crippen LogP contribution in [0.5, 0.6) is 0 Å². The van der Waals surface area contributed by atoms with Crippen LogP contribution in [0.3, 0.4) is 0 Å². The lowest BCUT2D eigenvalue weighted by Crippen LogP contribution is -2.54. The molecule has 2 fully saturated rings. The summed E-state index contributed by atoms with van der Waals surface area (Å²) in [5.41, 5.74) is 2.23. The van der Waals surface area contributed by atoms with Gasteiger partial charge in [-0.3, -0.25) is 4.79 Å². The smallest absolute Gasteiger partial charge is 0.237 e. The number of piperazine rings is 1. The molecule has 1 unspecified atom stereocenters. The molecule has 1 aromatic carbocycles. The van der Waals surface area contributed by atoms with E-state index in [1.165, 1.54) is 18.4 Å². The maximum atomic E-state index is 11.9. The van der Waals surface area contributed by atoms with Crippen LogP contribution in [-0.4, -0.2) is 34.6 Å². The summed E-state index contributed by atoms with van der Waals surface area (Å²) in [5.74, 6) is 1.12. The summed E-state index contributed by atoms with van der Waals surface area (Å²) in [6, 6.07) is 8.66. The lowest BCUT2D eigenvalue weighted by Gasteiger charge is -2.23. The number of carbonyl (C=O) groups is 1. The Kier molecular flexibility index (Phi) is 2.73. The van der Waals surface area contributed by atoms with Crippen molar-refractivity contribution in [1.29, 1.82) is 0 Å². The van der Waals surface area contributed by atoms with Gasteiger partial charge in [0.25, 0.3) is 0 Å². The number of nitrogens with zero attached hydrogens (tertiary/aromatic N) is 2. The first-order valence-electron chi connectivity index (χ1n) is 7.30. The van der Waals surface area contributed by atoms with Crippen molar-refractivity contribution in [3.8, 4) is 0 Å². The van der Waals surface area contributed by atoms with Gasteiger partial charge < -0.3 is 15.2 Å². The zero-order chi connectivity index (χ0) is 13.5. The van der Waals surface area contributed by atoms with Gasteiger partial charge in [-0.2, -0.15) is 0 Å². The van der Waals surface area contributed by atoms with E-state index in [4.69, 9.17) is 4.98 Å². The Hall–Kier alpha value is -1.88. The molecule has 5 heteroatoms. The standard InChI is InChI=1S/C15H18N4O/c20-15-12(16-7-8-17-15)9-14-18-11-3-1-2-4-13(11)19(14)10-5-6-10/h1-4,10,12,16H,5-9H2,(H,17,20). The molecule has 1 saturated carbocycles. The molecule has 20 heavy (non-hydrogen) atoms. The highest BCUT2D eigenvalue weighted by Crippen LogP contribution is 2.38. The number of aromatic nitrogens is 2. The van der Waals surface area contributed by atoms with Gasteiger partial charge in [-0.05, 0) is 25.0 Å². The number of amides is 1. The molecule has 2 aliphatic rings. The number of fused-ring (bicyclic) bond motifs is 1. The van der Waals surface area contributed by atoms with Crippen LogP contribution < -0.4 is 10.6 Å². The second kappa shape index (κ2) is 4.59. The summed E-state index contributed by atoms with van der Waals surface area (Å²) in [4.78, 5) is 16.6. The molecule has 0 bridgehead atoms. The number of imidazole rings is 1.